The average molecular weight is 188 g/mol. The van der Waals surface area contributed by atoms with Crippen molar-refractivity contribution in [3.05, 3.63) is 10.1 Å². The molecule has 5 nitrogen and oxygen atoms in total. The Morgan fingerprint density at radius 3 is 2.23 bits per heavy atom. The Morgan fingerprint density at radius 1 is 1.54 bits per heavy atom. The second kappa shape index (κ2) is 3.59. The molecule has 76 valence electrons. The van der Waals surface area contributed by atoms with Crippen molar-refractivity contribution in [2.45, 2.75) is 19.4 Å². The van der Waals surface area contributed by atoms with E-state index in [9.17, 15) is 15.2 Å². The van der Waals surface area contributed by atoms with Crippen LogP contribution in [0.2, 0.25) is 0 Å². The van der Waals surface area contributed by atoms with Gasteiger partial charge in [-0.1, -0.05) is 13.8 Å². The lowest BCUT2D eigenvalue weighted by atomic mass is 9.74. The van der Waals surface area contributed by atoms with Gasteiger partial charge in [-0.3, -0.25) is 10.1 Å². The molecule has 0 spiro atoms. The monoisotopic (exact) mass is 188 g/mol. The fourth-order valence-corrected chi connectivity index (χ4v) is 2.08. The number of aliphatic hydroxyl groups is 1. The fraction of sp³-hybridized carbons (Fsp3) is 1.00. The van der Waals surface area contributed by atoms with Crippen LogP contribution in [0.25, 0.3) is 0 Å². The van der Waals surface area contributed by atoms with Gasteiger partial charge in [-0.25, -0.2) is 0 Å². The van der Waals surface area contributed by atoms with E-state index in [1.165, 1.54) is 0 Å². The maximum absolute atomic E-state index is 10.9. The molecule has 2 N–H and O–H groups in total. The second-order valence-electron chi connectivity index (χ2n) is 3.87. The molecule has 5 heteroatoms. The van der Waals surface area contributed by atoms with Crippen molar-refractivity contribution >= 4 is 0 Å². The van der Waals surface area contributed by atoms with Gasteiger partial charge in [-0.05, 0) is 0 Å². The Morgan fingerprint density at radius 2 is 2.00 bits per heavy atom. The van der Waals surface area contributed by atoms with Crippen molar-refractivity contribution in [3.63, 3.8) is 0 Å². The SMILES string of the molecule is CC1CNCC(C)C1(CO)[N+](=O)[O-]. The molecule has 0 aromatic heterocycles. The minimum atomic E-state index is -1.15. The standard InChI is InChI=1S/C8H16N2O3/c1-6-3-9-4-7(2)8(6,5-11)10(12)13/h6-7,9,11H,3-5H2,1-2H3. The predicted molar refractivity (Wildman–Crippen MR) is 48.0 cm³/mol. The van der Waals surface area contributed by atoms with Crippen LogP contribution in [-0.4, -0.2) is 35.3 Å². The smallest absolute Gasteiger partial charge is 0.252 e. The Hall–Kier alpha value is -0.680. The zero-order valence-corrected chi connectivity index (χ0v) is 7.99. The van der Waals surface area contributed by atoms with E-state index < -0.39 is 5.54 Å². The second-order valence-corrected chi connectivity index (χ2v) is 3.87. The summed E-state index contributed by atoms with van der Waals surface area (Å²) in [5, 5.41) is 23.2. The lowest BCUT2D eigenvalue weighted by molar-refractivity contribution is -0.596. The molecule has 0 amide bonds. The molecule has 1 saturated heterocycles. The van der Waals surface area contributed by atoms with E-state index in [1.54, 1.807) is 0 Å². The third-order valence-corrected chi connectivity index (χ3v) is 3.20. The van der Waals surface area contributed by atoms with E-state index in [1.807, 2.05) is 13.8 Å². The van der Waals surface area contributed by atoms with Gasteiger partial charge >= 0.3 is 0 Å². The highest BCUT2D eigenvalue weighted by molar-refractivity contribution is 4.94. The van der Waals surface area contributed by atoms with Gasteiger partial charge in [0.2, 0.25) is 0 Å². The zero-order chi connectivity index (χ0) is 10.1. The third-order valence-electron chi connectivity index (χ3n) is 3.20. The molecular weight excluding hydrogens is 172 g/mol. The van der Waals surface area contributed by atoms with Crippen LogP contribution in [0, 0.1) is 22.0 Å². The maximum atomic E-state index is 10.9. The van der Waals surface area contributed by atoms with Crippen molar-refractivity contribution < 1.29 is 10.0 Å². The van der Waals surface area contributed by atoms with E-state index in [0.717, 1.165) is 0 Å². The van der Waals surface area contributed by atoms with Crippen LogP contribution >= 0.6 is 0 Å². The minimum absolute atomic E-state index is 0.128. The molecule has 0 saturated carbocycles. The summed E-state index contributed by atoms with van der Waals surface area (Å²) >= 11 is 0. The van der Waals surface area contributed by atoms with Crippen LogP contribution in [0.1, 0.15) is 13.8 Å². The molecular formula is C8H16N2O3. The summed E-state index contributed by atoms with van der Waals surface area (Å²) in [4.78, 5) is 10.6. The number of nitrogens with one attached hydrogen (secondary N) is 1. The first-order valence-corrected chi connectivity index (χ1v) is 4.51. The van der Waals surface area contributed by atoms with Gasteiger partial charge < -0.3 is 10.4 Å². The maximum Gasteiger partial charge on any atom is 0.252 e. The first-order valence-electron chi connectivity index (χ1n) is 4.51. The molecule has 1 heterocycles. The van der Waals surface area contributed by atoms with Crippen molar-refractivity contribution in [3.8, 4) is 0 Å². The van der Waals surface area contributed by atoms with Gasteiger partial charge in [-0.2, -0.15) is 0 Å². The first-order chi connectivity index (χ1) is 6.05. The fourth-order valence-electron chi connectivity index (χ4n) is 2.08. The number of rotatable bonds is 2. The molecule has 0 bridgehead atoms. The largest absolute Gasteiger partial charge is 0.389 e. The zero-order valence-electron chi connectivity index (χ0n) is 7.99. The van der Waals surface area contributed by atoms with Crippen LogP contribution in [0.15, 0.2) is 0 Å². The average Bonchev–Trinajstić information content (AvgIpc) is 2.05. The highest BCUT2D eigenvalue weighted by atomic mass is 16.6. The van der Waals surface area contributed by atoms with Crippen molar-refractivity contribution in [2.24, 2.45) is 11.8 Å². The van der Waals surface area contributed by atoms with E-state index in [4.69, 9.17) is 0 Å². The van der Waals surface area contributed by atoms with E-state index in [2.05, 4.69) is 5.32 Å². The summed E-state index contributed by atoms with van der Waals surface area (Å²) in [6.07, 6.45) is 0. The molecule has 2 unspecified atom stereocenters. The van der Waals surface area contributed by atoms with Gasteiger partial charge in [0.1, 0.15) is 6.61 Å². The van der Waals surface area contributed by atoms with E-state index in [0.29, 0.717) is 13.1 Å². The molecule has 0 radical (unpaired) electrons. The lowest BCUT2D eigenvalue weighted by Crippen LogP contribution is -2.61. The Balaban J connectivity index is 2.96. The summed E-state index contributed by atoms with van der Waals surface area (Å²) in [7, 11) is 0. The third kappa shape index (κ3) is 1.42. The molecule has 0 aromatic rings. The topological polar surface area (TPSA) is 75.4 Å². The summed E-state index contributed by atoms with van der Waals surface area (Å²) in [6, 6.07) is 0. The van der Waals surface area contributed by atoms with Gasteiger partial charge in [-0.15, -0.1) is 0 Å². The number of nitro groups is 1. The van der Waals surface area contributed by atoms with Gasteiger partial charge in [0.05, 0.1) is 0 Å². The highest BCUT2D eigenvalue weighted by Gasteiger charge is 2.54. The molecule has 13 heavy (non-hydrogen) atoms. The quantitative estimate of drug-likeness (QED) is 0.467. The van der Waals surface area contributed by atoms with Gasteiger partial charge in [0, 0.05) is 29.8 Å². The predicted octanol–water partition coefficient (Wildman–Crippen LogP) is -0.130. The van der Waals surface area contributed by atoms with Gasteiger partial charge in [0.15, 0.2) is 0 Å². The summed E-state index contributed by atoms with van der Waals surface area (Å²) in [5.74, 6) is -0.257. The van der Waals surface area contributed by atoms with Gasteiger partial charge in [0.25, 0.3) is 5.54 Å². The van der Waals surface area contributed by atoms with Crippen LogP contribution in [0.4, 0.5) is 0 Å². The number of hydrogen-bond donors (Lipinski definition) is 2. The molecule has 0 aromatic carbocycles. The van der Waals surface area contributed by atoms with E-state index >= 15 is 0 Å². The number of piperidine rings is 1. The Bertz CT molecular complexity index is 198. The number of nitrogens with zero attached hydrogens (tertiary/aromatic N) is 1. The van der Waals surface area contributed by atoms with Crippen LogP contribution in [0.3, 0.4) is 0 Å². The summed E-state index contributed by atoms with van der Waals surface area (Å²) in [5.41, 5.74) is -1.15. The summed E-state index contributed by atoms with van der Waals surface area (Å²) < 4.78 is 0. The normalized spacial score (nSPS) is 40.2. The van der Waals surface area contributed by atoms with Crippen molar-refractivity contribution in [1.29, 1.82) is 0 Å². The number of aliphatic hydroxyl groups excluding tert-OH is 1. The molecule has 0 aliphatic carbocycles. The molecule has 1 rings (SSSR count). The molecule has 1 aliphatic heterocycles. The molecule has 1 fully saturated rings. The highest BCUT2D eigenvalue weighted by Crippen LogP contribution is 2.31. The Kier molecular flexibility index (Phi) is 2.87. The summed E-state index contributed by atoms with van der Waals surface area (Å²) in [6.45, 7) is 4.45. The lowest BCUT2D eigenvalue weighted by Gasteiger charge is -2.38. The van der Waals surface area contributed by atoms with Crippen LogP contribution in [-0.2, 0) is 0 Å². The van der Waals surface area contributed by atoms with Crippen LogP contribution < -0.4 is 5.32 Å². The molecule has 1 aliphatic rings. The first kappa shape index (κ1) is 10.4. The van der Waals surface area contributed by atoms with Crippen molar-refractivity contribution in [2.75, 3.05) is 19.7 Å². The molecule has 2 atom stereocenters. The minimum Gasteiger partial charge on any atom is -0.389 e. The van der Waals surface area contributed by atoms with Crippen molar-refractivity contribution in [1.82, 2.24) is 5.32 Å². The van der Waals surface area contributed by atoms with Crippen LogP contribution in [0.5, 0.6) is 0 Å². The number of hydrogen-bond acceptors (Lipinski definition) is 4. The van der Waals surface area contributed by atoms with E-state index in [-0.39, 0.29) is 23.4 Å². The Labute approximate surface area is 77.3 Å².